The Balaban J connectivity index is 2.13. The summed E-state index contributed by atoms with van der Waals surface area (Å²) < 4.78 is 5.62. The number of nitrogens with one attached hydrogen (secondary N) is 2. The molecule has 114 valence electrons. The monoisotopic (exact) mass is 293 g/mol. The van der Waals surface area contributed by atoms with Crippen molar-refractivity contribution in [3.63, 3.8) is 0 Å². The number of rotatable bonds is 5. The zero-order valence-corrected chi connectivity index (χ0v) is 11.9. The number of nitrogens with zero attached hydrogens (tertiary/aromatic N) is 1. The van der Waals surface area contributed by atoms with Gasteiger partial charge in [0.05, 0.1) is 11.5 Å². The van der Waals surface area contributed by atoms with E-state index < -0.39 is 4.92 Å². The lowest BCUT2D eigenvalue weighted by Gasteiger charge is -2.22. The zero-order valence-electron chi connectivity index (χ0n) is 11.9. The summed E-state index contributed by atoms with van der Waals surface area (Å²) in [5.41, 5.74) is 0.236. The Morgan fingerprint density at radius 1 is 1.48 bits per heavy atom. The first kappa shape index (κ1) is 15.2. The van der Waals surface area contributed by atoms with Crippen LogP contribution in [0, 0.1) is 16.0 Å². The number of hydrogen-bond acceptors (Lipinski definition) is 5. The zero-order chi connectivity index (χ0) is 15.2. The van der Waals surface area contributed by atoms with Gasteiger partial charge in [0.25, 0.3) is 5.91 Å². The SMILES string of the molecule is CNC(=O)c1ccc([N+](=O)[O-])c(OCC2CCNCC2)c1. The van der Waals surface area contributed by atoms with Gasteiger partial charge in [-0.1, -0.05) is 0 Å². The highest BCUT2D eigenvalue weighted by atomic mass is 16.6. The van der Waals surface area contributed by atoms with Crippen LogP contribution < -0.4 is 15.4 Å². The second-order valence-corrected chi connectivity index (χ2v) is 5.02. The van der Waals surface area contributed by atoms with Gasteiger partial charge in [0.15, 0.2) is 5.75 Å². The number of piperidine rings is 1. The molecule has 1 aromatic rings. The van der Waals surface area contributed by atoms with Crippen molar-refractivity contribution < 1.29 is 14.5 Å². The van der Waals surface area contributed by atoms with Crippen molar-refractivity contribution in [2.75, 3.05) is 26.7 Å². The molecule has 1 aliphatic rings. The maximum atomic E-state index is 11.6. The van der Waals surface area contributed by atoms with Gasteiger partial charge < -0.3 is 15.4 Å². The first-order valence-corrected chi connectivity index (χ1v) is 6.96. The predicted octanol–water partition coefficient (Wildman–Crippen LogP) is 1.33. The smallest absolute Gasteiger partial charge is 0.310 e. The molecule has 0 aromatic heterocycles. The van der Waals surface area contributed by atoms with E-state index in [9.17, 15) is 14.9 Å². The molecule has 1 aliphatic heterocycles. The average molecular weight is 293 g/mol. The molecule has 0 bridgehead atoms. The normalized spacial score (nSPS) is 15.5. The molecule has 1 fully saturated rings. The first-order valence-electron chi connectivity index (χ1n) is 6.96. The maximum Gasteiger partial charge on any atom is 0.310 e. The van der Waals surface area contributed by atoms with Crippen molar-refractivity contribution in [2.45, 2.75) is 12.8 Å². The summed E-state index contributed by atoms with van der Waals surface area (Å²) in [6.07, 6.45) is 1.98. The summed E-state index contributed by atoms with van der Waals surface area (Å²) >= 11 is 0. The molecule has 21 heavy (non-hydrogen) atoms. The fourth-order valence-corrected chi connectivity index (χ4v) is 2.32. The summed E-state index contributed by atoms with van der Waals surface area (Å²) in [5, 5.41) is 16.8. The second kappa shape index (κ2) is 7.03. The lowest BCUT2D eigenvalue weighted by atomic mass is 9.99. The summed E-state index contributed by atoms with van der Waals surface area (Å²) in [5.74, 6) is 0.241. The molecule has 2 rings (SSSR count). The molecule has 1 heterocycles. The quantitative estimate of drug-likeness (QED) is 0.631. The Labute approximate surface area is 122 Å². The molecule has 0 unspecified atom stereocenters. The molecule has 0 atom stereocenters. The van der Waals surface area contributed by atoms with E-state index in [4.69, 9.17) is 4.74 Å². The van der Waals surface area contributed by atoms with Crippen molar-refractivity contribution in [3.05, 3.63) is 33.9 Å². The van der Waals surface area contributed by atoms with E-state index in [2.05, 4.69) is 10.6 Å². The van der Waals surface area contributed by atoms with E-state index in [1.807, 2.05) is 0 Å². The van der Waals surface area contributed by atoms with Gasteiger partial charge in [-0.3, -0.25) is 14.9 Å². The maximum absolute atomic E-state index is 11.6. The first-order chi connectivity index (χ1) is 10.1. The second-order valence-electron chi connectivity index (χ2n) is 5.02. The van der Waals surface area contributed by atoms with Crippen molar-refractivity contribution in [2.24, 2.45) is 5.92 Å². The summed E-state index contributed by atoms with van der Waals surface area (Å²) in [6.45, 7) is 2.31. The van der Waals surface area contributed by atoms with Gasteiger partial charge in [0.2, 0.25) is 0 Å². The van der Waals surface area contributed by atoms with Gasteiger partial charge in [-0.25, -0.2) is 0 Å². The average Bonchev–Trinajstić information content (AvgIpc) is 2.52. The van der Waals surface area contributed by atoms with Gasteiger partial charge >= 0.3 is 5.69 Å². The van der Waals surface area contributed by atoms with E-state index >= 15 is 0 Å². The summed E-state index contributed by atoms with van der Waals surface area (Å²) in [7, 11) is 1.51. The number of carbonyl (C=O) groups is 1. The Morgan fingerprint density at radius 3 is 2.81 bits per heavy atom. The summed E-state index contributed by atoms with van der Waals surface area (Å²) in [6, 6.07) is 4.16. The van der Waals surface area contributed by atoms with Crippen LogP contribution in [0.15, 0.2) is 18.2 Å². The van der Waals surface area contributed by atoms with Crippen LogP contribution in [-0.4, -0.2) is 37.6 Å². The van der Waals surface area contributed by atoms with Crippen LogP contribution in [0.5, 0.6) is 5.75 Å². The molecule has 2 N–H and O–H groups in total. The highest BCUT2D eigenvalue weighted by Crippen LogP contribution is 2.29. The fourth-order valence-electron chi connectivity index (χ4n) is 2.32. The van der Waals surface area contributed by atoms with Gasteiger partial charge in [-0.15, -0.1) is 0 Å². The van der Waals surface area contributed by atoms with Gasteiger partial charge in [0, 0.05) is 24.7 Å². The van der Waals surface area contributed by atoms with Crippen LogP contribution >= 0.6 is 0 Å². The van der Waals surface area contributed by atoms with Crippen molar-refractivity contribution >= 4 is 11.6 Å². The number of carbonyl (C=O) groups excluding carboxylic acids is 1. The minimum Gasteiger partial charge on any atom is -0.487 e. The Morgan fingerprint density at radius 2 is 2.19 bits per heavy atom. The third-order valence-corrected chi connectivity index (χ3v) is 3.58. The van der Waals surface area contributed by atoms with Crippen molar-refractivity contribution in [3.8, 4) is 5.75 Å². The summed E-state index contributed by atoms with van der Waals surface area (Å²) in [4.78, 5) is 22.2. The largest absolute Gasteiger partial charge is 0.487 e. The van der Waals surface area contributed by atoms with E-state index in [-0.39, 0.29) is 17.3 Å². The highest BCUT2D eigenvalue weighted by Gasteiger charge is 2.20. The van der Waals surface area contributed by atoms with Crippen LogP contribution in [0.4, 0.5) is 5.69 Å². The Kier molecular flexibility index (Phi) is 5.10. The number of ether oxygens (including phenoxy) is 1. The Bertz CT molecular complexity index is 527. The van der Waals surface area contributed by atoms with Crippen LogP contribution in [0.3, 0.4) is 0 Å². The molecule has 0 radical (unpaired) electrons. The number of nitro groups is 1. The van der Waals surface area contributed by atoms with Crippen LogP contribution in [0.2, 0.25) is 0 Å². The number of benzene rings is 1. The number of amides is 1. The molecule has 1 amide bonds. The van der Waals surface area contributed by atoms with Crippen LogP contribution in [0.1, 0.15) is 23.2 Å². The lowest BCUT2D eigenvalue weighted by Crippen LogP contribution is -2.30. The van der Waals surface area contributed by atoms with Gasteiger partial charge in [-0.05, 0) is 37.9 Å². The fraction of sp³-hybridized carbons (Fsp3) is 0.500. The molecule has 1 saturated heterocycles. The predicted molar refractivity (Wildman–Crippen MR) is 77.6 cm³/mol. The topological polar surface area (TPSA) is 93.5 Å². The van der Waals surface area contributed by atoms with Gasteiger partial charge in [-0.2, -0.15) is 0 Å². The third-order valence-electron chi connectivity index (χ3n) is 3.58. The van der Waals surface area contributed by atoms with E-state index in [0.717, 1.165) is 25.9 Å². The molecule has 7 heteroatoms. The molecular formula is C14H19N3O4. The number of hydrogen-bond donors (Lipinski definition) is 2. The standard InChI is InChI=1S/C14H19N3O4/c1-15-14(18)11-2-3-12(17(19)20)13(8-11)21-9-10-4-6-16-7-5-10/h2-3,8,10,16H,4-7,9H2,1H3,(H,15,18). The molecule has 0 spiro atoms. The minimum absolute atomic E-state index is 0.114. The van der Waals surface area contributed by atoms with Crippen LogP contribution in [-0.2, 0) is 0 Å². The molecule has 0 aliphatic carbocycles. The molecule has 1 aromatic carbocycles. The van der Waals surface area contributed by atoms with Gasteiger partial charge in [0.1, 0.15) is 0 Å². The van der Waals surface area contributed by atoms with Crippen LogP contribution in [0.25, 0.3) is 0 Å². The van der Waals surface area contributed by atoms with Crippen molar-refractivity contribution in [1.29, 1.82) is 0 Å². The molecule has 0 saturated carbocycles. The van der Waals surface area contributed by atoms with Crippen molar-refractivity contribution in [1.82, 2.24) is 10.6 Å². The third kappa shape index (κ3) is 3.91. The van der Waals surface area contributed by atoms with E-state index in [0.29, 0.717) is 18.1 Å². The lowest BCUT2D eigenvalue weighted by molar-refractivity contribution is -0.385. The highest BCUT2D eigenvalue weighted by molar-refractivity contribution is 5.94. The number of nitro benzene ring substituents is 1. The van der Waals surface area contributed by atoms with E-state index in [1.54, 1.807) is 0 Å². The minimum atomic E-state index is -0.495. The molecule has 7 nitrogen and oxygen atoms in total. The Hall–Kier alpha value is -2.15. The van der Waals surface area contributed by atoms with E-state index in [1.165, 1.54) is 25.2 Å². The molecular weight excluding hydrogens is 274 g/mol.